The number of aromatic nitrogens is 3. The summed E-state index contributed by atoms with van der Waals surface area (Å²) in [6, 6.07) is 7.94. The molecule has 114 valence electrons. The maximum Gasteiger partial charge on any atom is 0.138 e. The summed E-state index contributed by atoms with van der Waals surface area (Å²) >= 11 is 0. The van der Waals surface area contributed by atoms with Gasteiger partial charge in [-0.25, -0.2) is 9.67 Å². The van der Waals surface area contributed by atoms with Crippen molar-refractivity contribution in [1.29, 1.82) is 0 Å². The summed E-state index contributed by atoms with van der Waals surface area (Å²) in [5, 5.41) is 14.7. The molecule has 0 saturated carbocycles. The molecule has 0 amide bonds. The van der Waals surface area contributed by atoms with E-state index < -0.39 is 6.10 Å². The van der Waals surface area contributed by atoms with Crippen LogP contribution in [0.25, 0.3) is 0 Å². The number of hydrogen-bond donors (Lipinski definition) is 1. The lowest BCUT2D eigenvalue weighted by atomic mass is 10.1. The van der Waals surface area contributed by atoms with Gasteiger partial charge in [0, 0.05) is 32.7 Å². The largest absolute Gasteiger partial charge is 0.388 e. The van der Waals surface area contributed by atoms with Gasteiger partial charge in [-0.3, -0.25) is 0 Å². The molecule has 0 bridgehead atoms. The van der Waals surface area contributed by atoms with Crippen molar-refractivity contribution < 1.29 is 5.11 Å². The van der Waals surface area contributed by atoms with Crippen LogP contribution >= 0.6 is 0 Å². The molecule has 0 spiro atoms. The Balaban J connectivity index is 2.13. The summed E-state index contributed by atoms with van der Waals surface area (Å²) < 4.78 is 1.88. The quantitative estimate of drug-likeness (QED) is 0.886. The topological polar surface area (TPSA) is 54.2 Å². The van der Waals surface area contributed by atoms with E-state index in [-0.39, 0.29) is 0 Å². The van der Waals surface area contributed by atoms with Crippen molar-refractivity contribution in [2.75, 3.05) is 19.0 Å². The Hall–Kier alpha value is -1.88. The van der Waals surface area contributed by atoms with Crippen molar-refractivity contribution in [2.45, 2.75) is 32.9 Å². The summed E-state index contributed by atoms with van der Waals surface area (Å²) in [5.41, 5.74) is 1.98. The predicted octanol–water partition coefficient (Wildman–Crippen LogP) is 2.28. The van der Waals surface area contributed by atoms with Gasteiger partial charge in [0.1, 0.15) is 12.2 Å². The average molecular weight is 288 g/mol. The Morgan fingerprint density at radius 2 is 2.05 bits per heavy atom. The summed E-state index contributed by atoms with van der Waals surface area (Å²) in [7, 11) is 3.98. The minimum absolute atomic E-state index is 0.476. The molecule has 0 aliphatic heterocycles. The van der Waals surface area contributed by atoms with E-state index in [0.717, 1.165) is 23.6 Å². The molecule has 1 unspecified atom stereocenters. The molecule has 1 aromatic carbocycles. The van der Waals surface area contributed by atoms with Gasteiger partial charge < -0.3 is 10.0 Å². The van der Waals surface area contributed by atoms with Crippen LogP contribution in [-0.4, -0.2) is 34.0 Å². The Bertz CT molecular complexity index is 577. The van der Waals surface area contributed by atoms with Gasteiger partial charge in [0.2, 0.25) is 0 Å². The Morgan fingerprint density at radius 1 is 1.29 bits per heavy atom. The summed E-state index contributed by atoms with van der Waals surface area (Å²) in [4.78, 5) is 6.30. The maximum absolute atomic E-state index is 10.5. The van der Waals surface area contributed by atoms with Crippen molar-refractivity contribution in [3.8, 4) is 0 Å². The van der Waals surface area contributed by atoms with Gasteiger partial charge in [0.05, 0.1) is 6.10 Å². The second-order valence-electron chi connectivity index (χ2n) is 5.96. The fourth-order valence-electron chi connectivity index (χ4n) is 2.25. The number of nitrogens with zero attached hydrogens (tertiary/aromatic N) is 4. The smallest absolute Gasteiger partial charge is 0.138 e. The molecule has 0 aliphatic carbocycles. The summed E-state index contributed by atoms with van der Waals surface area (Å²) in [5.74, 6) is 1.33. The molecular formula is C16H24N4O. The van der Waals surface area contributed by atoms with Gasteiger partial charge in [0.15, 0.2) is 0 Å². The van der Waals surface area contributed by atoms with E-state index in [1.54, 1.807) is 6.33 Å². The molecule has 2 rings (SSSR count). The third-order valence-corrected chi connectivity index (χ3v) is 3.38. The van der Waals surface area contributed by atoms with Crippen LogP contribution in [0, 0.1) is 5.92 Å². The molecule has 1 heterocycles. The highest BCUT2D eigenvalue weighted by Gasteiger charge is 2.14. The molecule has 5 nitrogen and oxygen atoms in total. The standard InChI is InChI=1S/C16H24N4O/c1-12(2)10-20-16(17-11-18-20)9-15(21)13-6-5-7-14(8-13)19(3)4/h5-8,11-12,15,21H,9-10H2,1-4H3. The van der Waals surface area contributed by atoms with Crippen LogP contribution in [0.5, 0.6) is 0 Å². The van der Waals surface area contributed by atoms with E-state index >= 15 is 0 Å². The molecule has 21 heavy (non-hydrogen) atoms. The Labute approximate surface area is 126 Å². The summed E-state index contributed by atoms with van der Waals surface area (Å²) in [6.45, 7) is 5.10. The highest BCUT2D eigenvalue weighted by Crippen LogP contribution is 2.22. The molecule has 0 radical (unpaired) electrons. The minimum Gasteiger partial charge on any atom is -0.388 e. The van der Waals surface area contributed by atoms with Crippen molar-refractivity contribution in [3.05, 3.63) is 42.0 Å². The van der Waals surface area contributed by atoms with E-state index in [2.05, 4.69) is 23.9 Å². The predicted molar refractivity (Wildman–Crippen MR) is 84.3 cm³/mol. The lowest BCUT2D eigenvalue weighted by molar-refractivity contribution is 0.173. The van der Waals surface area contributed by atoms with E-state index in [4.69, 9.17) is 0 Å². The molecule has 1 atom stereocenters. The minimum atomic E-state index is -0.569. The van der Waals surface area contributed by atoms with Gasteiger partial charge in [-0.05, 0) is 23.6 Å². The highest BCUT2D eigenvalue weighted by molar-refractivity contribution is 5.47. The van der Waals surface area contributed by atoms with Crippen LogP contribution in [0.4, 0.5) is 5.69 Å². The van der Waals surface area contributed by atoms with Gasteiger partial charge in [0.25, 0.3) is 0 Å². The van der Waals surface area contributed by atoms with Gasteiger partial charge in [-0.15, -0.1) is 0 Å². The second-order valence-corrected chi connectivity index (χ2v) is 5.96. The Morgan fingerprint density at radius 3 is 2.71 bits per heavy atom. The van der Waals surface area contributed by atoms with E-state index in [0.29, 0.717) is 12.3 Å². The zero-order valence-corrected chi connectivity index (χ0v) is 13.2. The number of aliphatic hydroxyl groups excluding tert-OH is 1. The SMILES string of the molecule is CC(C)Cn1ncnc1CC(O)c1cccc(N(C)C)c1. The molecule has 0 saturated heterocycles. The van der Waals surface area contributed by atoms with Crippen LogP contribution in [0.15, 0.2) is 30.6 Å². The van der Waals surface area contributed by atoms with E-state index in [9.17, 15) is 5.11 Å². The van der Waals surface area contributed by atoms with Crippen LogP contribution in [-0.2, 0) is 13.0 Å². The van der Waals surface area contributed by atoms with Crippen molar-refractivity contribution in [1.82, 2.24) is 14.8 Å². The van der Waals surface area contributed by atoms with Gasteiger partial charge in [-0.1, -0.05) is 26.0 Å². The van der Waals surface area contributed by atoms with Crippen molar-refractivity contribution in [2.24, 2.45) is 5.92 Å². The van der Waals surface area contributed by atoms with Crippen LogP contribution in [0.2, 0.25) is 0 Å². The first-order valence-electron chi connectivity index (χ1n) is 7.29. The molecule has 1 aromatic heterocycles. The first-order valence-corrected chi connectivity index (χ1v) is 7.29. The number of anilines is 1. The molecule has 0 fully saturated rings. The van der Waals surface area contributed by atoms with Crippen molar-refractivity contribution >= 4 is 5.69 Å². The molecule has 5 heteroatoms. The fraction of sp³-hybridized carbons (Fsp3) is 0.500. The van der Waals surface area contributed by atoms with Crippen LogP contribution < -0.4 is 4.90 Å². The normalized spacial score (nSPS) is 12.7. The molecule has 2 aromatic rings. The number of hydrogen-bond acceptors (Lipinski definition) is 4. The van der Waals surface area contributed by atoms with E-state index in [1.807, 2.05) is 47.9 Å². The fourth-order valence-corrected chi connectivity index (χ4v) is 2.25. The monoisotopic (exact) mass is 288 g/mol. The van der Waals surface area contributed by atoms with Crippen molar-refractivity contribution in [3.63, 3.8) is 0 Å². The number of rotatable bonds is 6. The zero-order valence-electron chi connectivity index (χ0n) is 13.2. The highest BCUT2D eigenvalue weighted by atomic mass is 16.3. The first kappa shape index (κ1) is 15.5. The van der Waals surface area contributed by atoms with Crippen LogP contribution in [0.1, 0.15) is 31.3 Å². The first-order chi connectivity index (χ1) is 9.97. The third-order valence-electron chi connectivity index (χ3n) is 3.38. The maximum atomic E-state index is 10.5. The second kappa shape index (κ2) is 6.72. The number of aliphatic hydroxyl groups is 1. The lowest BCUT2D eigenvalue weighted by Gasteiger charge is -2.17. The van der Waals surface area contributed by atoms with Gasteiger partial charge in [-0.2, -0.15) is 5.10 Å². The molecular weight excluding hydrogens is 264 g/mol. The lowest BCUT2D eigenvalue weighted by Crippen LogP contribution is -2.14. The molecule has 0 aliphatic rings. The zero-order chi connectivity index (χ0) is 15.4. The average Bonchev–Trinajstić information content (AvgIpc) is 2.85. The Kier molecular flexibility index (Phi) is 4.96. The third kappa shape index (κ3) is 4.04. The van der Waals surface area contributed by atoms with E-state index in [1.165, 1.54) is 0 Å². The van der Waals surface area contributed by atoms with Crippen LogP contribution in [0.3, 0.4) is 0 Å². The molecule has 1 N–H and O–H groups in total. The summed E-state index contributed by atoms with van der Waals surface area (Å²) in [6.07, 6.45) is 1.46. The number of benzene rings is 1. The van der Waals surface area contributed by atoms with Gasteiger partial charge >= 0.3 is 0 Å².